The summed E-state index contributed by atoms with van der Waals surface area (Å²) in [6.45, 7) is 4.58. The number of amides is 1. The van der Waals surface area contributed by atoms with E-state index in [1.807, 2.05) is 12.1 Å². The quantitative estimate of drug-likeness (QED) is 0.263. The topological polar surface area (TPSA) is 108 Å². The minimum Gasteiger partial charge on any atom is -0.492 e. The van der Waals surface area contributed by atoms with Gasteiger partial charge in [0, 0.05) is 25.2 Å². The van der Waals surface area contributed by atoms with E-state index >= 15 is 0 Å². The Bertz CT molecular complexity index is 680. The molecule has 1 aromatic rings. The van der Waals surface area contributed by atoms with Gasteiger partial charge in [-0.05, 0) is 31.9 Å². The lowest BCUT2D eigenvalue weighted by Crippen LogP contribution is -2.48. The van der Waals surface area contributed by atoms with Crippen LogP contribution >= 0.6 is 24.0 Å². The Kier molecular flexibility index (Phi) is 8.74. The standard InChI is InChI=1S/C18H26N4O5.HI/c1-2-24-18(23)22-8-5-13(6-9-22)21-17(19)20-7-10-25-14-3-4-15-16(11-14)27-12-26-15;/h3-4,11,13H,2,5-10,12H2,1H3,(H3,19,20,21);1H. The van der Waals surface area contributed by atoms with E-state index in [9.17, 15) is 4.79 Å². The lowest BCUT2D eigenvalue weighted by Gasteiger charge is -2.31. The van der Waals surface area contributed by atoms with Gasteiger partial charge in [-0.3, -0.25) is 0 Å². The van der Waals surface area contributed by atoms with Crippen molar-refractivity contribution in [3.63, 3.8) is 0 Å². The zero-order chi connectivity index (χ0) is 19.1. The van der Waals surface area contributed by atoms with Crippen molar-refractivity contribution in [2.24, 2.45) is 10.7 Å². The number of likely N-dealkylation sites (tertiary alicyclic amines) is 1. The molecular weight excluding hydrogens is 479 g/mol. The van der Waals surface area contributed by atoms with E-state index < -0.39 is 0 Å². The number of hydrogen-bond acceptors (Lipinski definition) is 6. The molecule has 0 unspecified atom stereocenters. The Labute approximate surface area is 181 Å². The van der Waals surface area contributed by atoms with Gasteiger partial charge in [0.2, 0.25) is 6.79 Å². The first-order chi connectivity index (χ1) is 13.2. The molecule has 1 fully saturated rings. The Morgan fingerprint density at radius 3 is 2.82 bits per heavy atom. The number of ether oxygens (including phenoxy) is 4. The highest BCUT2D eigenvalue weighted by Crippen LogP contribution is 2.34. The molecule has 0 radical (unpaired) electrons. The number of nitrogens with one attached hydrogen (secondary N) is 1. The van der Waals surface area contributed by atoms with Crippen LogP contribution in [0.4, 0.5) is 4.79 Å². The van der Waals surface area contributed by atoms with Gasteiger partial charge in [0.15, 0.2) is 17.5 Å². The van der Waals surface area contributed by atoms with E-state index in [0.717, 1.165) is 18.6 Å². The summed E-state index contributed by atoms with van der Waals surface area (Å²) in [5, 5.41) is 3.20. The van der Waals surface area contributed by atoms with Crippen molar-refractivity contribution in [2.45, 2.75) is 25.8 Å². The van der Waals surface area contributed by atoms with E-state index in [0.29, 0.717) is 50.3 Å². The Hall–Kier alpha value is -2.11. The van der Waals surface area contributed by atoms with Crippen molar-refractivity contribution < 1.29 is 23.7 Å². The highest BCUT2D eigenvalue weighted by Gasteiger charge is 2.23. The van der Waals surface area contributed by atoms with Gasteiger partial charge in [0.05, 0.1) is 13.2 Å². The van der Waals surface area contributed by atoms with Crippen molar-refractivity contribution in [3.05, 3.63) is 18.2 Å². The molecule has 156 valence electrons. The number of carbonyl (C=O) groups is 1. The van der Waals surface area contributed by atoms with Crippen LogP contribution in [-0.2, 0) is 4.74 Å². The van der Waals surface area contributed by atoms with Crippen molar-refractivity contribution in [1.82, 2.24) is 10.2 Å². The first-order valence-electron chi connectivity index (χ1n) is 9.16. The monoisotopic (exact) mass is 506 g/mol. The maximum absolute atomic E-state index is 11.7. The largest absolute Gasteiger partial charge is 0.492 e. The zero-order valence-electron chi connectivity index (χ0n) is 15.9. The molecule has 28 heavy (non-hydrogen) atoms. The normalized spacial score (nSPS) is 16.3. The van der Waals surface area contributed by atoms with E-state index in [1.54, 1.807) is 17.9 Å². The molecule has 0 aromatic heterocycles. The van der Waals surface area contributed by atoms with E-state index in [2.05, 4.69) is 10.3 Å². The fourth-order valence-electron chi connectivity index (χ4n) is 2.97. The zero-order valence-corrected chi connectivity index (χ0v) is 18.2. The van der Waals surface area contributed by atoms with Crippen molar-refractivity contribution in [2.75, 3.05) is 39.6 Å². The summed E-state index contributed by atoms with van der Waals surface area (Å²) >= 11 is 0. The summed E-state index contributed by atoms with van der Waals surface area (Å²) in [5.74, 6) is 2.50. The molecule has 1 amide bonds. The molecule has 0 saturated carbocycles. The summed E-state index contributed by atoms with van der Waals surface area (Å²) in [7, 11) is 0. The highest BCUT2D eigenvalue weighted by atomic mass is 127. The number of benzene rings is 1. The highest BCUT2D eigenvalue weighted by molar-refractivity contribution is 14.0. The number of nitrogens with two attached hydrogens (primary N) is 1. The second-order valence-corrected chi connectivity index (χ2v) is 6.24. The molecule has 2 aliphatic rings. The van der Waals surface area contributed by atoms with Crippen LogP contribution in [0.2, 0.25) is 0 Å². The van der Waals surface area contributed by atoms with Crippen LogP contribution in [-0.4, -0.2) is 62.6 Å². The smallest absolute Gasteiger partial charge is 0.409 e. The van der Waals surface area contributed by atoms with Crippen molar-refractivity contribution in [1.29, 1.82) is 0 Å². The lowest BCUT2D eigenvalue weighted by atomic mass is 10.1. The summed E-state index contributed by atoms with van der Waals surface area (Å²) < 4.78 is 21.2. The van der Waals surface area contributed by atoms with Crippen molar-refractivity contribution in [3.8, 4) is 17.2 Å². The van der Waals surface area contributed by atoms with Gasteiger partial charge in [0.25, 0.3) is 0 Å². The first kappa shape index (κ1) is 22.2. The number of aliphatic imine (C=N–C) groups is 1. The number of rotatable bonds is 6. The molecule has 2 heterocycles. The Morgan fingerprint density at radius 1 is 1.32 bits per heavy atom. The minimum absolute atomic E-state index is 0. The molecular formula is C18H27IN4O5. The third kappa shape index (κ3) is 6.21. The van der Waals surface area contributed by atoms with Gasteiger partial charge < -0.3 is 34.9 Å². The number of hydrogen-bond donors (Lipinski definition) is 2. The van der Waals surface area contributed by atoms with Crippen LogP contribution in [0, 0.1) is 0 Å². The lowest BCUT2D eigenvalue weighted by molar-refractivity contribution is 0.0963. The van der Waals surface area contributed by atoms with Crippen LogP contribution in [0.15, 0.2) is 23.2 Å². The maximum atomic E-state index is 11.7. The van der Waals surface area contributed by atoms with Crippen LogP contribution in [0.5, 0.6) is 17.2 Å². The molecule has 1 saturated heterocycles. The number of fused-ring (bicyclic) bond motifs is 1. The number of halogens is 1. The molecule has 0 bridgehead atoms. The molecule has 9 nitrogen and oxygen atoms in total. The van der Waals surface area contributed by atoms with Crippen LogP contribution in [0.25, 0.3) is 0 Å². The number of piperidine rings is 1. The van der Waals surface area contributed by atoms with Crippen LogP contribution in [0.3, 0.4) is 0 Å². The van der Waals surface area contributed by atoms with E-state index in [4.69, 9.17) is 24.7 Å². The molecule has 0 atom stereocenters. The predicted molar refractivity (Wildman–Crippen MR) is 115 cm³/mol. The van der Waals surface area contributed by atoms with Gasteiger partial charge in [-0.25, -0.2) is 9.79 Å². The SMILES string of the molecule is CCOC(=O)N1CCC(NC(N)=NCCOc2ccc3c(c2)OCO3)CC1.I. The van der Waals surface area contributed by atoms with E-state index in [-0.39, 0.29) is 42.9 Å². The predicted octanol–water partition coefficient (Wildman–Crippen LogP) is 1.94. The van der Waals surface area contributed by atoms with Gasteiger partial charge in [-0.2, -0.15) is 0 Å². The van der Waals surface area contributed by atoms with Gasteiger partial charge in [-0.1, -0.05) is 0 Å². The summed E-state index contributed by atoms with van der Waals surface area (Å²) in [6, 6.07) is 5.65. The first-order valence-corrected chi connectivity index (χ1v) is 9.16. The summed E-state index contributed by atoms with van der Waals surface area (Å²) in [5.41, 5.74) is 5.94. The molecule has 2 aliphatic heterocycles. The summed E-state index contributed by atoms with van der Waals surface area (Å²) in [4.78, 5) is 17.7. The fourth-order valence-corrected chi connectivity index (χ4v) is 2.97. The van der Waals surface area contributed by atoms with Crippen molar-refractivity contribution >= 4 is 36.0 Å². The average molecular weight is 506 g/mol. The molecule has 1 aromatic carbocycles. The Balaban J connectivity index is 0.00000280. The second kappa shape index (κ2) is 11.0. The molecule has 3 rings (SSSR count). The fraction of sp³-hybridized carbons (Fsp3) is 0.556. The Morgan fingerprint density at radius 2 is 2.07 bits per heavy atom. The van der Waals surface area contributed by atoms with Crippen LogP contribution in [0.1, 0.15) is 19.8 Å². The number of guanidine groups is 1. The second-order valence-electron chi connectivity index (χ2n) is 6.24. The van der Waals surface area contributed by atoms with Gasteiger partial charge >= 0.3 is 6.09 Å². The minimum atomic E-state index is -0.252. The molecule has 10 heteroatoms. The van der Waals surface area contributed by atoms with E-state index in [1.165, 1.54) is 0 Å². The third-order valence-corrected chi connectivity index (χ3v) is 4.36. The maximum Gasteiger partial charge on any atom is 0.409 e. The third-order valence-electron chi connectivity index (χ3n) is 4.36. The molecule has 0 aliphatic carbocycles. The number of carbonyl (C=O) groups excluding carboxylic acids is 1. The number of nitrogens with zero attached hydrogens (tertiary/aromatic N) is 2. The summed E-state index contributed by atoms with van der Waals surface area (Å²) in [6.07, 6.45) is 1.36. The van der Waals surface area contributed by atoms with Crippen LogP contribution < -0.4 is 25.3 Å². The molecule has 0 spiro atoms. The van der Waals surface area contributed by atoms with Gasteiger partial charge in [-0.15, -0.1) is 24.0 Å². The molecule has 3 N–H and O–H groups in total. The average Bonchev–Trinajstić information content (AvgIpc) is 3.14. The van der Waals surface area contributed by atoms with Gasteiger partial charge in [0.1, 0.15) is 12.4 Å².